The number of anilines is 1. The number of benzene rings is 1. The number of rotatable bonds is 1. The standard InChI is InChI=1S/C12H8F3NO4/c1-19-11(18)16-10-6-2-3-20-5-7(6)9(17)4-8(10)12(13,14)15/h2-5H,1H3,(H,16,18). The van der Waals surface area contributed by atoms with Crippen LogP contribution in [0.2, 0.25) is 0 Å². The molecule has 0 spiro atoms. The molecule has 0 aromatic heterocycles. The van der Waals surface area contributed by atoms with Crippen molar-refractivity contribution in [2.45, 2.75) is 6.18 Å². The fourth-order valence-electron chi connectivity index (χ4n) is 1.71. The van der Waals surface area contributed by atoms with Crippen LogP contribution in [0.1, 0.15) is 5.56 Å². The maximum atomic E-state index is 13.0. The molecular formula is C12H8F3NO4. The molecule has 1 aliphatic carbocycles. The van der Waals surface area contributed by atoms with Crippen LogP contribution in [-0.4, -0.2) is 13.2 Å². The molecule has 1 heterocycles. The van der Waals surface area contributed by atoms with E-state index in [0.717, 1.165) is 25.7 Å². The molecule has 0 saturated heterocycles. The van der Waals surface area contributed by atoms with E-state index in [0.29, 0.717) is 6.07 Å². The number of amides is 1. The van der Waals surface area contributed by atoms with Crippen LogP contribution in [0.15, 0.2) is 33.9 Å². The van der Waals surface area contributed by atoms with Gasteiger partial charge in [-0.15, -0.1) is 0 Å². The quantitative estimate of drug-likeness (QED) is 0.875. The van der Waals surface area contributed by atoms with Crippen LogP contribution in [0.4, 0.5) is 23.7 Å². The van der Waals surface area contributed by atoms with Crippen molar-refractivity contribution in [1.29, 1.82) is 0 Å². The monoisotopic (exact) mass is 287 g/mol. The van der Waals surface area contributed by atoms with E-state index < -0.39 is 28.9 Å². The van der Waals surface area contributed by atoms with E-state index in [1.807, 2.05) is 5.32 Å². The van der Waals surface area contributed by atoms with E-state index in [4.69, 9.17) is 4.42 Å². The van der Waals surface area contributed by atoms with Crippen molar-refractivity contribution in [3.05, 3.63) is 40.4 Å². The summed E-state index contributed by atoms with van der Waals surface area (Å²) in [7, 11) is 1.02. The molecule has 2 rings (SSSR count). The summed E-state index contributed by atoms with van der Waals surface area (Å²) in [4.78, 5) is 22.8. The lowest BCUT2D eigenvalue weighted by atomic mass is 9.99. The summed E-state index contributed by atoms with van der Waals surface area (Å²) >= 11 is 0. The first-order valence-corrected chi connectivity index (χ1v) is 5.30. The van der Waals surface area contributed by atoms with Crippen LogP contribution in [0.3, 0.4) is 0 Å². The average Bonchev–Trinajstić information content (AvgIpc) is 2.40. The highest BCUT2D eigenvalue weighted by Gasteiger charge is 2.37. The summed E-state index contributed by atoms with van der Waals surface area (Å²) < 4.78 is 47.9. The Balaban J connectivity index is 2.77. The van der Waals surface area contributed by atoms with Crippen LogP contribution in [0.5, 0.6) is 0 Å². The predicted octanol–water partition coefficient (Wildman–Crippen LogP) is 2.94. The fourth-order valence-corrected chi connectivity index (χ4v) is 1.71. The minimum Gasteiger partial charge on any atom is -0.472 e. The van der Waals surface area contributed by atoms with Gasteiger partial charge in [-0.25, -0.2) is 4.79 Å². The van der Waals surface area contributed by atoms with Crippen LogP contribution in [0.25, 0.3) is 11.1 Å². The molecule has 0 bridgehead atoms. The fraction of sp³-hybridized carbons (Fsp3) is 0.167. The summed E-state index contributed by atoms with van der Waals surface area (Å²) in [6.07, 6.45) is -3.75. The number of alkyl halides is 3. The first-order valence-electron chi connectivity index (χ1n) is 5.30. The molecule has 106 valence electrons. The number of carbonyl (C=O) groups is 1. The van der Waals surface area contributed by atoms with Gasteiger partial charge in [-0.1, -0.05) is 0 Å². The number of hydrogen-bond donors (Lipinski definition) is 1. The molecule has 20 heavy (non-hydrogen) atoms. The Morgan fingerprint density at radius 1 is 1.35 bits per heavy atom. The van der Waals surface area contributed by atoms with Gasteiger partial charge in [-0.3, -0.25) is 10.1 Å². The molecule has 0 aromatic rings. The molecule has 8 heteroatoms. The lowest BCUT2D eigenvalue weighted by Gasteiger charge is -2.17. The Morgan fingerprint density at radius 3 is 2.65 bits per heavy atom. The maximum absolute atomic E-state index is 13.0. The molecule has 0 saturated carbocycles. The molecule has 1 amide bonds. The third kappa shape index (κ3) is 2.44. The second-order valence-electron chi connectivity index (χ2n) is 3.80. The van der Waals surface area contributed by atoms with Gasteiger partial charge in [0.15, 0.2) is 5.43 Å². The molecule has 5 nitrogen and oxygen atoms in total. The highest BCUT2D eigenvalue weighted by Crippen LogP contribution is 2.39. The van der Waals surface area contributed by atoms with Gasteiger partial charge in [0, 0.05) is 11.6 Å². The second-order valence-corrected chi connectivity index (χ2v) is 3.80. The van der Waals surface area contributed by atoms with Crippen LogP contribution in [0, 0.1) is 0 Å². The van der Waals surface area contributed by atoms with E-state index in [1.54, 1.807) is 0 Å². The van der Waals surface area contributed by atoms with E-state index in [9.17, 15) is 22.8 Å². The SMILES string of the molecule is COC(=O)Nc1c2ccocc-2c(=O)cc1C(F)(F)F. The third-order valence-electron chi connectivity index (χ3n) is 2.59. The van der Waals surface area contributed by atoms with Crippen molar-refractivity contribution in [2.75, 3.05) is 12.4 Å². The van der Waals surface area contributed by atoms with Crippen molar-refractivity contribution in [2.24, 2.45) is 0 Å². The van der Waals surface area contributed by atoms with Crippen molar-refractivity contribution in [3.8, 4) is 11.1 Å². The Morgan fingerprint density at radius 2 is 2.05 bits per heavy atom. The van der Waals surface area contributed by atoms with Gasteiger partial charge in [0.1, 0.15) is 6.26 Å². The number of methoxy groups -OCH3 is 1. The molecule has 0 unspecified atom stereocenters. The first kappa shape index (κ1) is 13.9. The van der Waals surface area contributed by atoms with Gasteiger partial charge in [-0.2, -0.15) is 13.2 Å². The summed E-state index contributed by atoms with van der Waals surface area (Å²) in [5.74, 6) is 0. The number of fused-ring (bicyclic) bond motifs is 1. The van der Waals surface area contributed by atoms with Gasteiger partial charge < -0.3 is 9.15 Å². The summed E-state index contributed by atoms with van der Waals surface area (Å²) in [6, 6.07) is 1.57. The first-order chi connectivity index (χ1) is 9.34. The maximum Gasteiger partial charge on any atom is 0.418 e. The van der Waals surface area contributed by atoms with Crippen molar-refractivity contribution >= 4 is 11.8 Å². The summed E-state index contributed by atoms with van der Waals surface area (Å²) in [6.45, 7) is 0. The topological polar surface area (TPSA) is 68.5 Å². The zero-order valence-corrected chi connectivity index (χ0v) is 10.1. The third-order valence-corrected chi connectivity index (χ3v) is 2.59. The van der Waals surface area contributed by atoms with Gasteiger partial charge in [-0.05, 0) is 6.07 Å². The van der Waals surface area contributed by atoms with Gasteiger partial charge in [0.2, 0.25) is 0 Å². The number of ether oxygens (including phenoxy) is 1. The Hall–Kier alpha value is -2.51. The highest BCUT2D eigenvalue weighted by molar-refractivity contribution is 5.93. The Kier molecular flexibility index (Phi) is 3.39. The number of halogens is 3. The molecule has 0 aromatic carbocycles. The predicted molar refractivity (Wildman–Crippen MR) is 62.6 cm³/mol. The molecule has 0 radical (unpaired) electrons. The van der Waals surface area contributed by atoms with Crippen molar-refractivity contribution in [3.63, 3.8) is 0 Å². The number of carbonyl (C=O) groups excluding carboxylic acids is 1. The lowest BCUT2D eigenvalue weighted by Crippen LogP contribution is -2.21. The summed E-state index contributed by atoms with van der Waals surface area (Å²) in [5, 5.41) is 1.98. The lowest BCUT2D eigenvalue weighted by molar-refractivity contribution is -0.137. The van der Waals surface area contributed by atoms with Gasteiger partial charge in [0.25, 0.3) is 0 Å². The molecule has 0 atom stereocenters. The molecule has 0 fully saturated rings. The second kappa shape index (κ2) is 4.87. The van der Waals surface area contributed by atoms with Crippen molar-refractivity contribution in [1.82, 2.24) is 0 Å². The van der Waals surface area contributed by atoms with E-state index in [-0.39, 0.29) is 11.1 Å². The average molecular weight is 287 g/mol. The highest BCUT2D eigenvalue weighted by atomic mass is 19.4. The number of nitrogens with one attached hydrogen (secondary N) is 1. The van der Waals surface area contributed by atoms with Crippen molar-refractivity contribution < 1.29 is 27.1 Å². The normalized spacial score (nSPS) is 11.4. The zero-order valence-electron chi connectivity index (χ0n) is 10.1. The van der Waals surface area contributed by atoms with Crippen LogP contribution < -0.4 is 10.7 Å². The molecule has 2 aliphatic rings. The largest absolute Gasteiger partial charge is 0.472 e. The minimum absolute atomic E-state index is 0.0769. The smallest absolute Gasteiger partial charge is 0.418 e. The molecule has 1 aliphatic heterocycles. The zero-order chi connectivity index (χ0) is 14.9. The molecule has 1 N–H and O–H groups in total. The van der Waals surface area contributed by atoms with Crippen LogP contribution in [-0.2, 0) is 10.9 Å². The number of hydrogen-bond acceptors (Lipinski definition) is 4. The van der Waals surface area contributed by atoms with E-state index in [1.165, 1.54) is 0 Å². The van der Waals surface area contributed by atoms with Crippen LogP contribution >= 0.6 is 0 Å². The van der Waals surface area contributed by atoms with E-state index >= 15 is 0 Å². The Labute approximate surface area is 110 Å². The van der Waals surface area contributed by atoms with Gasteiger partial charge in [0.05, 0.1) is 30.2 Å². The van der Waals surface area contributed by atoms with Gasteiger partial charge >= 0.3 is 12.3 Å². The minimum atomic E-state index is -4.79. The summed E-state index contributed by atoms with van der Waals surface area (Å²) in [5.41, 5.74) is -2.80. The van der Waals surface area contributed by atoms with E-state index in [2.05, 4.69) is 4.74 Å². The Bertz CT molecular complexity index is 677. The molecular weight excluding hydrogens is 279 g/mol.